The molecule has 1 heterocycles. The lowest BCUT2D eigenvalue weighted by Crippen LogP contribution is -2.32. The summed E-state index contributed by atoms with van der Waals surface area (Å²) in [4.78, 5) is 28.6. The summed E-state index contributed by atoms with van der Waals surface area (Å²) in [6, 6.07) is -0.483. The highest BCUT2D eigenvalue weighted by Crippen LogP contribution is 2.37. The zero-order chi connectivity index (χ0) is 14.7. The van der Waals surface area contributed by atoms with E-state index in [-0.39, 0.29) is 11.9 Å². The van der Waals surface area contributed by atoms with E-state index in [0.717, 1.165) is 29.8 Å². The smallest absolute Gasteiger partial charge is 0.315 e. The Hall–Kier alpha value is -1.63. The van der Waals surface area contributed by atoms with Crippen molar-refractivity contribution in [2.24, 2.45) is 5.73 Å². The third-order valence-electron chi connectivity index (χ3n) is 3.29. The van der Waals surface area contributed by atoms with Crippen LogP contribution in [0.1, 0.15) is 43.2 Å². The van der Waals surface area contributed by atoms with Crippen molar-refractivity contribution in [2.75, 3.05) is 11.9 Å². The van der Waals surface area contributed by atoms with Crippen molar-refractivity contribution in [3.8, 4) is 0 Å². The molecule has 0 saturated heterocycles. The van der Waals surface area contributed by atoms with Gasteiger partial charge in [0.1, 0.15) is 12.0 Å². The number of thiazole rings is 1. The third kappa shape index (κ3) is 3.09. The number of amides is 1. The summed E-state index contributed by atoms with van der Waals surface area (Å²) in [7, 11) is 0. The Labute approximate surface area is 121 Å². The summed E-state index contributed by atoms with van der Waals surface area (Å²) in [5.74, 6) is -0.928. The standard InChI is InChI=1S/C13H19N3O3S/c1-3-19-12(18)8-5-4-6-9-10(8)16-13(20-9)15-7(2)11(14)17/h7-8H,3-6H2,1-2H3,(H2,14,17)(H,15,16). The fourth-order valence-electron chi connectivity index (χ4n) is 2.21. The Kier molecular flexibility index (Phi) is 4.59. The van der Waals surface area contributed by atoms with Crippen molar-refractivity contribution in [1.29, 1.82) is 0 Å². The van der Waals surface area contributed by atoms with E-state index in [4.69, 9.17) is 10.5 Å². The molecule has 20 heavy (non-hydrogen) atoms. The largest absolute Gasteiger partial charge is 0.465 e. The van der Waals surface area contributed by atoms with Gasteiger partial charge in [-0.25, -0.2) is 4.98 Å². The first kappa shape index (κ1) is 14.8. The molecular weight excluding hydrogens is 278 g/mol. The lowest BCUT2D eigenvalue weighted by Gasteiger charge is -2.19. The number of aryl methyl sites for hydroxylation is 1. The van der Waals surface area contributed by atoms with Crippen LogP contribution in [-0.4, -0.2) is 29.5 Å². The summed E-state index contributed by atoms with van der Waals surface area (Å²) < 4.78 is 5.10. The van der Waals surface area contributed by atoms with Crippen LogP contribution in [-0.2, 0) is 20.7 Å². The maximum atomic E-state index is 11.9. The molecule has 2 rings (SSSR count). The Morgan fingerprint density at radius 3 is 3.00 bits per heavy atom. The third-order valence-corrected chi connectivity index (χ3v) is 4.35. The van der Waals surface area contributed by atoms with Crippen LogP contribution in [0.5, 0.6) is 0 Å². The predicted octanol–water partition coefficient (Wildman–Crippen LogP) is 1.41. The molecular formula is C13H19N3O3S. The normalized spacial score (nSPS) is 19.0. The molecule has 1 aliphatic carbocycles. The topological polar surface area (TPSA) is 94.3 Å². The van der Waals surface area contributed by atoms with Crippen LogP contribution in [0.3, 0.4) is 0 Å². The minimum absolute atomic E-state index is 0.215. The SMILES string of the molecule is CCOC(=O)C1CCCc2sc(NC(C)C(N)=O)nc21. The first-order chi connectivity index (χ1) is 9.52. The van der Waals surface area contributed by atoms with E-state index in [1.807, 2.05) is 0 Å². The van der Waals surface area contributed by atoms with Crippen molar-refractivity contribution in [3.63, 3.8) is 0 Å². The van der Waals surface area contributed by atoms with E-state index >= 15 is 0 Å². The number of carbonyl (C=O) groups is 2. The van der Waals surface area contributed by atoms with Gasteiger partial charge in [0.25, 0.3) is 0 Å². The maximum Gasteiger partial charge on any atom is 0.315 e. The Bertz CT molecular complexity index is 515. The molecule has 0 bridgehead atoms. The molecule has 0 radical (unpaired) electrons. The number of aromatic nitrogens is 1. The molecule has 0 aliphatic heterocycles. The van der Waals surface area contributed by atoms with Crippen LogP contribution in [0, 0.1) is 0 Å². The number of hydrogen-bond donors (Lipinski definition) is 2. The molecule has 1 amide bonds. The number of anilines is 1. The first-order valence-corrected chi connectivity index (χ1v) is 7.56. The van der Waals surface area contributed by atoms with E-state index in [0.29, 0.717) is 11.7 Å². The average Bonchev–Trinajstić information content (AvgIpc) is 2.80. The molecule has 0 fully saturated rings. The van der Waals surface area contributed by atoms with Crippen LogP contribution in [0.25, 0.3) is 0 Å². The minimum Gasteiger partial charge on any atom is -0.465 e. The summed E-state index contributed by atoms with van der Waals surface area (Å²) in [6.45, 7) is 3.86. The van der Waals surface area contributed by atoms with Crippen molar-refractivity contribution in [3.05, 3.63) is 10.6 Å². The minimum atomic E-state index is -0.483. The monoisotopic (exact) mass is 297 g/mol. The second-order valence-electron chi connectivity index (χ2n) is 4.79. The van der Waals surface area contributed by atoms with E-state index in [1.165, 1.54) is 11.3 Å². The van der Waals surface area contributed by atoms with Crippen LogP contribution in [0.15, 0.2) is 0 Å². The molecule has 110 valence electrons. The van der Waals surface area contributed by atoms with Gasteiger partial charge in [-0.15, -0.1) is 11.3 Å². The van der Waals surface area contributed by atoms with Gasteiger partial charge < -0.3 is 15.8 Å². The number of carbonyl (C=O) groups excluding carboxylic acids is 2. The zero-order valence-electron chi connectivity index (χ0n) is 11.6. The summed E-state index contributed by atoms with van der Waals surface area (Å²) >= 11 is 1.48. The number of ether oxygens (including phenoxy) is 1. The molecule has 1 aromatic heterocycles. The maximum absolute atomic E-state index is 11.9. The average molecular weight is 297 g/mol. The molecule has 0 aromatic carbocycles. The Morgan fingerprint density at radius 2 is 2.35 bits per heavy atom. The lowest BCUT2D eigenvalue weighted by molar-refractivity contribution is -0.145. The number of nitrogens with zero attached hydrogens (tertiary/aromatic N) is 1. The van der Waals surface area contributed by atoms with Crippen molar-refractivity contribution in [1.82, 2.24) is 4.98 Å². The number of hydrogen-bond acceptors (Lipinski definition) is 6. The lowest BCUT2D eigenvalue weighted by atomic mass is 9.91. The second kappa shape index (κ2) is 6.21. The Morgan fingerprint density at radius 1 is 1.60 bits per heavy atom. The van der Waals surface area contributed by atoms with Crippen molar-refractivity contribution >= 4 is 28.3 Å². The summed E-state index contributed by atoms with van der Waals surface area (Å²) in [5.41, 5.74) is 6.01. The van der Waals surface area contributed by atoms with Gasteiger partial charge in [-0.1, -0.05) is 0 Å². The highest BCUT2D eigenvalue weighted by atomic mass is 32.1. The van der Waals surface area contributed by atoms with Gasteiger partial charge in [0.2, 0.25) is 5.91 Å². The van der Waals surface area contributed by atoms with Gasteiger partial charge >= 0.3 is 5.97 Å². The second-order valence-corrected chi connectivity index (χ2v) is 5.88. The van der Waals surface area contributed by atoms with E-state index in [1.54, 1.807) is 13.8 Å². The van der Waals surface area contributed by atoms with E-state index < -0.39 is 11.9 Å². The van der Waals surface area contributed by atoms with Crippen LogP contribution in [0.4, 0.5) is 5.13 Å². The Balaban J connectivity index is 2.18. The number of primary amides is 1. The van der Waals surface area contributed by atoms with E-state index in [2.05, 4.69) is 10.3 Å². The molecule has 2 unspecified atom stereocenters. The molecule has 2 atom stereocenters. The molecule has 7 heteroatoms. The first-order valence-electron chi connectivity index (χ1n) is 6.75. The molecule has 6 nitrogen and oxygen atoms in total. The van der Waals surface area contributed by atoms with Gasteiger partial charge in [0.05, 0.1) is 12.3 Å². The number of rotatable bonds is 5. The van der Waals surface area contributed by atoms with Gasteiger partial charge in [-0.2, -0.15) is 0 Å². The van der Waals surface area contributed by atoms with Crippen molar-refractivity contribution < 1.29 is 14.3 Å². The van der Waals surface area contributed by atoms with Crippen molar-refractivity contribution in [2.45, 2.75) is 45.1 Å². The summed E-state index contributed by atoms with van der Waals surface area (Å²) in [6.07, 6.45) is 2.62. The fraction of sp³-hybridized carbons (Fsp3) is 0.615. The molecule has 1 aliphatic rings. The van der Waals surface area contributed by atoms with Crippen LogP contribution in [0.2, 0.25) is 0 Å². The molecule has 0 saturated carbocycles. The highest BCUT2D eigenvalue weighted by Gasteiger charge is 2.31. The number of nitrogens with two attached hydrogens (primary N) is 1. The quantitative estimate of drug-likeness (QED) is 0.801. The van der Waals surface area contributed by atoms with Crippen LogP contribution < -0.4 is 11.1 Å². The molecule has 1 aromatic rings. The van der Waals surface area contributed by atoms with Crippen LogP contribution >= 0.6 is 11.3 Å². The highest BCUT2D eigenvalue weighted by molar-refractivity contribution is 7.15. The van der Waals surface area contributed by atoms with Gasteiger partial charge in [0.15, 0.2) is 5.13 Å². The molecule has 3 N–H and O–H groups in total. The van der Waals surface area contributed by atoms with Gasteiger partial charge in [-0.05, 0) is 33.1 Å². The van der Waals surface area contributed by atoms with Gasteiger partial charge in [0, 0.05) is 4.88 Å². The number of fused-ring (bicyclic) bond motifs is 1. The zero-order valence-corrected chi connectivity index (χ0v) is 12.5. The fourth-order valence-corrected chi connectivity index (χ4v) is 3.36. The van der Waals surface area contributed by atoms with Gasteiger partial charge in [-0.3, -0.25) is 9.59 Å². The van der Waals surface area contributed by atoms with E-state index in [9.17, 15) is 9.59 Å². The predicted molar refractivity (Wildman–Crippen MR) is 76.7 cm³/mol. The summed E-state index contributed by atoms with van der Waals surface area (Å²) in [5, 5.41) is 3.61. The molecule has 0 spiro atoms. The number of esters is 1. The number of nitrogens with one attached hydrogen (secondary N) is 1.